The first-order valence-electron chi connectivity index (χ1n) is 9.75. The summed E-state index contributed by atoms with van der Waals surface area (Å²) in [6, 6.07) is 13.6. The number of para-hydroxylation sites is 1. The first kappa shape index (κ1) is 22.9. The van der Waals surface area contributed by atoms with E-state index in [9.17, 15) is 4.79 Å². The van der Waals surface area contributed by atoms with Crippen LogP contribution in [0.2, 0.25) is 5.02 Å². The van der Waals surface area contributed by atoms with Crippen molar-refractivity contribution in [2.75, 3.05) is 44.9 Å². The molecular weight excluding hydrogens is 438 g/mol. The van der Waals surface area contributed by atoms with Gasteiger partial charge in [0.1, 0.15) is 11.3 Å². The second-order valence-corrected chi connectivity index (χ2v) is 9.64. The molecule has 0 saturated heterocycles. The van der Waals surface area contributed by atoms with Crippen LogP contribution in [0.5, 0.6) is 5.75 Å². The number of aromatic nitrogens is 1. The predicted octanol–water partition coefficient (Wildman–Crippen LogP) is 5.43. The normalized spacial score (nSPS) is 11.2. The van der Waals surface area contributed by atoms with Crippen LogP contribution in [0.1, 0.15) is 12.8 Å². The zero-order valence-electron chi connectivity index (χ0n) is 17.4. The molecule has 0 unspecified atom stereocenters. The van der Waals surface area contributed by atoms with Gasteiger partial charge in [-0.2, -0.15) is 0 Å². The number of ether oxygens (including phenoxy) is 1. The van der Waals surface area contributed by atoms with Crippen molar-refractivity contribution in [1.82, 2.24) is 9.88 Å². The second-order valence-electron chi connectivity index (χ2n) is 7.06. The summed E-state index contributed by atoms with van der Waals surface area (Å²) in [5.41, 5.74) is 0.761. The van der Waals surface area contributed by atoms with Crippen LogP contribution in [0.25, 0.3) is 10.2 Å². The van der Waals surface area contributed by atoms with Gasteiger partial charge in [0.15, 0.2) is 5.13 Å². The maximum Gasteiger partial charge on any atom is 0.229 e. The highest BCUT2D eigenvalue weighted by atomic mass is 35.5. The highest BCUT2D eigenvalue weighted by Crippen LogP contribution is 2.33. The Labute approximate surface area is 191 Å². The second kappa shape index (κ2) is 11.0. The van der Waals surface area contributed by atoms with Crippen LogP contribution in [-0.4, -0.2) is 55.8 Å². The molecule has 0 N–H and O–H groups in total. The number of anilines is 1. The van der Waals surface area contributed by atoms with Gasteiger partial charge in [0, 0.05) is 23.6 Å². The number of thioether (sulfide) groups is 1. The van der Waals surface area contributed by atoms with Crippen LogP contribution in [-0.2, 0) is 4.79 Å². The largest absolute Gasteiger partial charge is 0.497 e. The van der Waals surface area contributed by atoms with Crippen LogP contribution in [0.15, 0.2) is 47.4 Å². The Hall–Kier alpha value is -1.80. The minimum Gasteiger partial charge on any atom is -0.497 e. The molecule has 0 aliphatic heterocycles. The van der Waals surface area contributed by atoms with Crippen LogP contribution in [0, 0.1) is 0 Å². The average Bonchev–Trinajstić information content (AvgIpc) is 3.16. The summed E-state index contributed by atoms with van der Waals surface area (Å²) in [6.07, 6.45) is 1.33. The minimum atomic E-state index is 0.0879. The first-order chi connectivity index (χ1) is 14.5. The summed E-state index contributed by atoms with van der Waals surface area (Å²) in [5.74, 6) is 1.63. The Morgan fingerprint density at radius 3 is 2.60 bits per heavy atom. The molecule has 8 heteroatoms. The zero-order chi connectivity index (χ0) is 21.5. The van der Waals surface area contributed by atoms with Crippen LogP contribution < -0.4 is 9.64 Å². The van der Waals surface area contributed by atoms with E-state index in [4.69, 9.17) is 16.3 Å². The quantitative estimate of drug-likeness (QED) is 0.375. The van der Waals surface area contributed by atoms with E-state index in [-0.39, 0.29) is 5.91 Å². The molecule has 3 aromatic rings. The van der Waals surface area contributed by atoms with Gasteiger partial charge in [-0.05, 0) is 63.5 Å². The topological polar surface area (TPSA) is 45.7 Å². The third-order valence-corrected chi connectivity index (χ3v) is 6.88. The Morgan fingerprint density at radius 2 is 1.93 bits per heavy atom. The van der Waals surface area contributed by atoms with Gasteiger partial charge in [-0.3, -0.25) is 9.69 Å². The van der Waals surface area contributed by atoms with E-state index in [1.807, 2.05) is 61.5 Å². The van der Waals surface area contributed by atoms with Gasteiger partial charge < -0.3 is 9.64 Å². The van der Waals surface area contributed by atoms with Crippen molar-refractivity contribution in [1.29, 1.82) is 0 Å². The van der Waals surface area contributed by atoms with Crippen molar-refractivity contribution in [2.24, 2.45) is 0 Å². The first-order valence-corrected chi connectivity index (χ1v) is 11.9. The summed E-state index contributed by atoms with van der Waals surface area (Å²) in [6.45, 7) is 1.55. The fraction of sp³-hybridized carbons (Fsp3) is 0.364. The number of methoxy groups -OCH3 is 1. The molecule has 5 nitrogen and oxygen atoms in total. The molecule has 3 rings (SSSR count). The molecule has 0 aliphatic carbocycles. The molecular formula is C22H26ClN3O2S2. The number of carbonyl (C=O) groups is 1. The maximum atomic E-state index is 13.1. The van der Waals surface area contributed by atoms with E-state index in [0.717, 1.165) is 39.0 Å². The van der Waals surface area contributed by atoms with Crippen LogP contribution >= 0.6 is 34.7 Å². The summed E-state index contributed by atoms with van der Waals surface area (Å²) in [4.78, 5) is 22.8. The van der Waals surface area contributed by atoms with Crippen molar-refractivity contribution < 1.29 is 9.53 Å². The molecule has 0 radical (unpaired) electrons. The van der Waals surface area contributed by atoms with E-state index in [2.05, 4.69) is 9.88 Å². The van der Waals surface area contributed by atoms with Crippen molar-refractivity contribution in [3.63, 3.8) is 0 Å². The van der Waals surface area contributed by atoms with E-state index in [0.29, 0.717) is 23.7 Å². The Kier molecular flexibility index (Phi) is 8.39. The summed E-state index contributed by atoms with van der Waals surface area (Å²) >= 11 is 9.48. The van der Waals surface area contributed by atoms with Crippen molar-refractivity contribution in [2.45, 2.75) is 17.7 Å². The number of hydrogen-bond donors (Lipinski definition) is 0. The summed E-state index contributed by atoms with van der Waals surface area (Å²) in [7, 11) is 5.73. The Balaban J connectivity index is 1.68. The lowest BCUT2D eigenvalue weighted by Crippen LogP contribution is -2.33. The van der Waals surface area contributed by atoms with Crippen LogP contribution in [0.3, 0.4) is 0 Å². The third-order valence-electron chi connectivity index (χ3n) is 4.52. The number of thiazole rings is 1. The zero-order valence-corrected chi connectivity index (χ0v) is 19.8. The van der Waals surface area contributed by atoms with Gasteiger partial charge in [0.2, 0.25) is 5.91 Å². The average molecular weight is 464 g/mol. The molecule has 0 spiro atoms. The Bertz CT molecular complexity index is 976. The number of hydrogen-bond acceptors (Lipinski definition) is 6. The van der Waals surface area contributed by atoms with Gasteiger partial charge in [-0.1, -0.05) is 29.0 Å². The van der Waals surface area contributed by atoms with E-state index < -0.39 is 0 Å². The van der Waals surface area contributed by atoms with Gasteiger partial charge in [-0.25, -0.2) is 4.98 Å². The van der Waals surface area contributed by atoms with Crippen molar-refractivity contribution >= 4 is 56.0 Å². The van der Waals surface area contributed by atoms with Crippen LogP contribution in [0.4, 0.5) is 5.13 Å². The molecule has 160 valence electrons. The maximum absolute atomic E-state index is 13.1. The molecule has 1 amide bonds. The fourth-order valence-electron chi connectivity index (χ4n) is 2.95. The molecule has 1 heterocycles. The molecule has 0 bridgehead atoms. The van der Waals surface area contributed by atoms with E-state index in [1.165, 1.54) is 11.3 Å². The van der Waals surface area contributed by atoms with Crippen molar-refractivity contribution in [3.05, 3.63) is 47.5 Å². The molecule has 0 aliphatic rings. The lowest BCUT2D eigenvalue weighted by Gasteiger charge is -2.21. The SMILES string of the molecule is COc1ccc(SCCC(=O)N(CCCN(C)C)c2nc3c(Cl)cccc3s2)cc1. The number of halogens is 1. The molecule has 2 aromatic carbocycles. The molecule has 1 aromatic heterocycles. The standard InChI is InChI=1S/C22H26ClN3O2S2/c1-25(2)13-5-14-26(22-24-21-18(23)6-4-7-19(21)30-22)20(27)12-15-29-17-10-8-16(28-3)9-11-17/h4,6-11H,5,12-15H2,1-3H3. The number of benzene rings is 2. The van der Waals surface area contributed by atoms with Gasteiger partial charge in [0.25, 0.3) is 0 Å². The Morgan fingerprint density at radius 1 is 1.17 bits per heavy atom. The summed E-state index contributed by atoms with van der Waals surface area (Å²) < 4.78 is 6.19. The number of carbonyl (C=O) groups excluding carboxylic acids is 1. The number of amides is 1. The monoisotopic (exact) mass is 463 g/mol. The van der Waals surface area contributed by atoms with Gasteiger partial charge in [0.05, 0.1) is 16.8 Å². The third kappa shape index (κ3) is 6.11. The fourth-order valence-corrected chi connectivity index (χ4v) is 5.10. The summed E-state index contributed by atoms with van der Waals surface area (Å²) in [5, 5.41) is 1.34. The number of rotatable bonds is 10. The van der Waals surface area contributed by atoms with Crippen molar-refractivity contribution in [3.8, 4) is 5.75 Å². The molecule has 0 atom stereocenters. The highest BCUT2D eigenvalue weighted by molar-refractivity contribution is 7.99. The predicted molar refractivity (Wildman–Crippen MR) is 128 cm³/mol. The van der Waals surface area contributed by atoms with Gasteiger partial charge >= 0.3 is 0 Å². The number of fused-ring (bicyclic) bond motifs is 1. The molecule has 0 saturated carbocycles. The van der Waals surface area contributed by atoms with E-state index in [1.54, 1.807) is 18.9 Å². The number of nitrogens with zero attached hydrogens (tertiary/aromatic N) is 3. The molecule has 0 fully saturated rings. The highest BCUT2D eigenvalue weighted by Gasteiger charge is 2.20. The van der Waals surface area contributed by atoms with E-state index >= 15 is 0 Å². The lowest BCUT2D eigenvalue weighted by atomic mass is 10.3. The molecule has 30 heavy (non-hydrogen) atoms. The lowest BCUT2D eigenvalue weighted by molar-refractivity contribution is -0.118. The smallest absolute Gasteiger partial charge is 0.229 e. The minimum absolute atomic E-state index is 0.0879. The van der Waals surface area contributed by atoms with Gasteiger partial charge in [-0.15, -0.1) is 11.8 Å².